The molecule has 6 rings (SSSR count). The van der Waals surface area contributed by atoms with Gasteiger partial charge < -0.3 is 20.1 Å². The number of aromatic nitrogens is 1. The highest BCUT2D eigenvalue weighted by Gasteiger charge is 2.55. The number of rotatable bonds is 10. The summed E-state index contributed by atoms with van der Waals surface area (Å²) >= 11 is 7.48. The molecule has 2 aliphatic heterocycles. The van der Waals surface area contributed by atoms with E-state index in [4.69, 9.17) is 21.1 Å². The van der Waals surface area contributed by atoms with Crippen LogP contribution in [0, 0.1) is 0 Å². The molecule has 1 saturated heterocycles. The summed E-state index contributed by atoms with van der Waals surface area (Å²) < 4.78 is 11.4. The lowest BCUT2D eigenvalue weighted by Crippen LogP contribution is -2.71. The van der Waals surface area contributed by atoms with Crippen molar-refractivity contribution in [2.45, 2.75) is 37.4 Å². The molecule has 47 heavy (non-hydrogen) atoms. The van der Waals surface area contributed by atoms with E-state index in [-0.39, 0.29) is 12.3 Å². The van der Waals surface area contributed by atoms with Crippen LogP contribution in [0.15, 0.2) is 102 Å². The van der Waals surface area contributed by atoms with E-state index in [1.165, 1.54) is 23.6 Å². The SMILES string of the molecule is CC(=O)OCC1=C(C(=O)OC(c2ccccc2)c2ccccc2)N2C(=O)[C@@H](NC(=O)C(C)Nc3ccnc4cc(Cl)ccc34)[C@H]2SC1. The number of hydrogen-bond acceptors (Lipinski definition) is 9. The Balaban J connectivity index is 1.21. The zero-order valence-electron chi connectivity index (χ0n) is 25.5. The zero-order valence-corrected chi connectivity index (χ0v) is 27.1. The van der Waals surface area contributed by atoms with Crippen LogP contribution in [0.3, 0.4) is 0 Å². The molecule has 0 spiro atoms. The Labute approximate surface area is 280 Å². The molecule has 0 bridgehead atoms. The quantitative estimate of drug-likeness (QED) is 0.172. The predicted octanol–water partition coefficient (Wildman–Crippen LogP) is 5.24. The van der Waals surface area contributed by atoms with Crippen molar-refractivity contribution < 1.29 is 28.7 Å². The Kier molecular flexibility index (Phi) is 9.46. The summed E-state index contributed by atoms with van der Waals surface area (Å²) in [5.74, 6) is -1.81. The highest BCUT2D eigenvalue weighted by Crippen LogP contribution is 2.42. The first-order valence-corrected chi connectivity index (χ1v) is 16.4. The van der Waals surface area contributed by atoms with Crippen LogP contribution in [0.5, 0.6) is 0 Å². The highest BCUT2D eigenvalue weighted by molar-refractivity contribution is 8.00. The summed E-state index contributed by atoms with van der Waals surface area (Å²) in [5, 5.41) is 6.84. The van der Waals surface area contributed by atoms with Gasteiger partial charge in [-0.05, 0) is 42.3 Å². The van der Waals surface area contributed by atoms with Crippen molar-refractivity contribution >= 4 is 63.7 Å². The van der Waals surface area contributed by atoms with Gasteiger partial charge >= 0.3 is 11.9 Å². The molecule has 0 aliphatic carbocycles. The van der Waals surface area contributed by atoms with E-state index < -0.39 is 47.3 Å². The zero-order chi connectivity index (χ0) is 33.1. The molecule has 0 radical (unpaired) electrons. The van der Waals surface area contributed by atoms with Crippen LogP contribution in [0.25, 0.3) is 10.9 Å². The van der Waals surface area contributed by atoms with Crippen molar-refractivity contribution in [3.05, 3.63) is 119 Å². The lowest BCUT2D eigenvalue weighted by atomic mass is 10.0. The van der Waals surface area contributed by atoms with Crippen LogP contribution in [0.4, 0.5) is 5.69 Å². The standard InChI is InChI=1S/C35H31ClN4O6S/c1-20(38-27-15-16-37-28-17-25(36)13-14-26(27)28)32(42)39-29-33(43)40-30(24(18-45-21(2)41)19-47-34(29)40)35(44)46-31(22-9-5-3-6-10-22)23-11-7-4-8-12-23/h3-17,20,29,31,34H,18-19H2,1-2H3,(H,37,38)(H,39,42)/t20?,29-,34-/m1/s1. The van der Waals surface area contributed by atoms with E-state index >= 15 is 0 Å². The number of fused-ring (bicyclic) bond motifs is 2. The molecule has 1 fully saturated rings. The first kappa shape index (κ1) is 32.1. The van der Waals surface area contributed by atoms with Crippen molar-refractivity contribution in [1.29, 1.82) is 0 Å². The minimum atomic E-state index is -0.873. The molecule has 1 unspecified atom stereocenters. The first-order valence-electron chi connectivity index (χ1n) is 14.9. The molecule has 4 aromatic rings. The number of halogens is 1. The smallest absolute Gasteiger partial charge is 0.356 e. The molecular weight excluding hydrogens is 640 g/mol. The number of carbonyl (C=O) groups is 4. The summed E-state index contributed by atoms with van der Waals surface area (Å²) in [5.41, 5.74) is 3.35. The summed E-state index contributed by atoms with van der Waals surface area (Å²) in [4.78, 5) is 58.3. The number of carbonyl (C=O) groups excluding carboxylic acids is 4. The second-order valence-corrected chi connectivity index (χ2v) is 12.7. The van der Waals surface area contributed by atoms with Gasteiger partial charge in [-0.15, -0.1) is 11.8 Å². The van der Waals surface area contributed by atoms with Gasteiger partial charge in [0.2, 0.25) is 5.91 Å². The Morgan fingerprint density at radius 1 is 1.02 bits per heavy atom. The molecule has 2 amide bonds. The van der Waals surface area contributed by atoms with Crippen molar-refractivity contribution in [2.24, 2.45) is 0 Å². The molecule has 3 aromatic carbocycles. The maximum absolute atomic E-state index is 14.0. The largest absolute Gasteiger partial charge is 0.461 e. The molecular formula is C35H31ClN4O6S. The number of hydrogen-bond donors (Lipinski definition) is 2. The number of pyridine rings is 1. The van der Waals surface area contributed by atoms with Gasteiger partial charge in [-0.25, -0.2) is 4.79 Å². The Hall–Kier alpha value is -4.87. The average Bonchev–Trinajstić information content (AvgIpc) is 3.08. The second kappa shape index (κ2) is 13.9. The third-order valence-electron chi connectivity index (χ3n) is 7.89. The Morgan fingerprint density at radius 2 is 1.70 bits per heavy atom. The lowest BCUT2D eigenvalue weighted by molar-refractivity contribution is -0.155. The van der Waals surface area contributed by atoms with E-state index in [2.05, 4.69) is 15.6 Å². The van der Waals surface area contributed by atoms with Gasteiger partial charge in [-0.3, -0.25) is 24.3 Å². The molecule has 240 valence electrons. The maximum Gasteiger partial charge on any atom is 0.356 e. The number of ether oxygens (including phenoxy) is 2. The fourth-order valence-electron chi connectivity index (χ4n) is 5.54. The fourth-order valence-corrected chi connectivity index (χ4v) is 7.04. The number of benzene rings is 3. The van der Waals surface area contributed by atoms with Gasteiger partial charge in [0.1, 0.15) is 29.8 Å². The summed E-state index contributed by atoms with van der Waals surface area (Å²) in [6, 6.07) is 24.1. The van der Waals surface area contributed by atoms with E-state index in [9.17, 15) is 19.2 Å². The molecule has 2 N–H and O–H groups in total. The van der Waals surface area contributed by atoms with Crippen LogP contribution in [0.1, 0.15) is 31.1 Å². The van der Waals surface area contributed by atoms with Crippen LogP contribution in [-0.4, -0.2) is 63.5 Å². The monoisotopic (exact) mass is 670 g/mol. The minimum absolute atomic E-state index is 0.0236. The molecule has 0 saturated carbocycles. The molecule has 10 nitrogen and oxygen atoms in total. The first-order chi connectivity index (χ1) is 22.7. The van der Waals surface area contributed by atoms with Crippen LogP contribution in [-0.2, 0) is 28.7 Å². The van der Waals surface area contributed by atoms with Gasteiger partial charge in [0, 0.05) is 40.5 Å². The van der Waals surface area contributed by atoms with Crippen molar-refractivity contribution in [2.75, 3.05) is 17.7 Å². The molecule has 3 atom stereocenters. The lowest BCUT2D eigenvalue weighted by Gasteiger charge is -2.50. The van der Waals surface area contributed by atoms with Crippen LogP contribution >= 0.6 is 23.4 Å². The normalized spacial score (nSPS) is 17.9. The second-order valence-electron chi connectivity index (χ2n) is 11.1. The number of nitrogens with zero attached hydrogens (tertiary/aromatic N) is 2. The maximum atomic E-state index is 14.0. The van der Waals surface area contributed by atoms with Gasteiger partial charge in [-0.1, -0.05) is 72.3 Å². The summed E-state index contributed by atoms with van der Waals surface area (Å²) in [6.07, 6.45) is 0.873. The fraction of sp³-hybridized carbons (Fsp3) is 0.229. The van der Waals surface area contributed by atoms with E-state index in [0.29, 0.717) is 27.6 Å². The molecule has 1 aromatic heterocycles. The van der Waals surface area contributed by atoms with Crippen molar-refractivity contribution in [1.82, 2.24) is 15.2 Å². The highest BCUT2D eigenvalue weighted by atomic mass is 35.5. The predicted molar refractivity (Wildman–Crippen MR) is 179 cm³/mol. The number of amides is 2. The van der Waals surface area contributed by atoms with Crippen LogP contribution in [0.2, 0.25) is 5.02 Å². The van der Waals surface area contributed by atoms with E-state index in [1.807, 2.05) is 66.7 Å². The number of anilines is 1. The average molecular weight is 671 g/mol. The number of β-lactam (4-membered cyclic amide) rings is 1. The van der Waals surface area contributed by atoms with E-state index in [0.717, 1.165) is 16.5 Å². The topological polar surface area (TPSA) is 127 Å². The molecule has 3 heterocycles. The number of thioether (sulfide) groups is 1. The molecule has 12 heteroatoms. The van der Waals surface area contributed by atoms with Crippen LogP contribution < -0.4 is 10.6 Å². The molecule has 2 aliphatic rings. The van der Waals surface area contributed by atoms with Crippen molar-refractivity contribution in [3.8, 4) is 0 Å². The van der Waals surface area contributed by atoms with E-state index in [1.54, 1.807) is 31.3 Å². The third-order valence-corrected chi connectivity index (χ3v) is 9.46. The Bertz CT molecular complexity index is 1830. The van der Waals surface area contributed by atoms with Gasteiger partial charge in [0.25, 0.3) is 5.91 Å². The van der Waals surface area contributed by atoms with Crippen molar-refractivity contribution in [3.63, 3.8) is 0 Å². The summed E-state index contributed by atoms with van der Waals surface area (Å²) in [7, 11) is 0. The van der Waals surface area contributed by atoms with Gasteiger partial charge in [-0.2, -0.15) is 0 Å². The van der Waals surface area contributed by atoms with Gasteiger partial charge in [0.05, 0.1) is 5.52 Å². The van der Waals surface area contributed by atoms with Gasteiger partial charge in [0.15, 0.2) is 6.10 Å². The summed E-state index contributed by atoms with van der Waals surface area (Å²) in [6.45, 7) is 2.80. The minimum Gasteiger partial charge on any atom is -0.461 e. The Morgan fingerprint density at radius 3 is 2.36 bits per heavy atom. The third kappa shape index (κ3) is 6.81. The number of esters is 2. The number of nitrogens with one attached hydrogen (secondary N) is 2.